The Bertz CT molecular complexity index is 1530. The molecule has 0 aromatic heterocycles. The average molecular weight is 553 g/mol. The number of hydrogen-bond donors (Lipinski definition) is 3. The summed E-state index contributed by atoms with van der Waals surface area (Å²) in [5.74, 6) is -1.68. The molecule has 1 aliphatic rings. The lowest BCUT2D eigenvalue weighted by atomic mass is 10.0. The average Bonchev–Trinajstić information content (AvgIpc) is 3.29. The first-order chi connectivity index (χ1) is 18.4. The van der Waals surface area contributed by atoms with Gasteiger partial charge in [-0.05, 0) is 49.2 Å². The van der Waals surface area contributed by atoms with Crippen LogP contribution >= 0.6 is 0 Å². The molecule has 2 atom stereocenters. The van der Waals surface area contributed by atoms with Crippen molar-refractivity contribution in [1.29, 1.82) is 0 Å². The summed E-state index contributed by atoms with van der Waals surface area (Å²) in [6.45, 7) is 3.36. The van der Waals surface area contributed by atoms with Crippen LogP contribution in [0, 0.1) is 12.7 Å². The van der Waals surface area contributed by atoms with Gasteiger partial charge >= 0.3 is 6.03 Å². The Morgan fingerprint density at radius 2 is 1.67 bits per heavy atom. The van der Waals surface area contributed by atoms with Gasteiger partial charge in [0.1, 0.15) is 11.9 Å². The highest BCUT2D eigenvalue weighted by Crippen LogP contribution is 2.30. The standard InChI is InChI=1S/C28H29FN4O5S/c1-17-8-11-20(12-9-17)31-28(36)33-16-21(30-18(2)34)15-25(33)27(35)32-24-13-10-19(14-23(24)29)22-6-4-5-7-26(22)39(3,37)38/h4-14,21,25H,15-16H2,1-3H3,(H,30,34)(H,31,36)(H,32,35)/t21-,25-/m1/s1. The first-order valence-electron chi connectivity index (χ1n) is 12.2. The van der Waals surface area contributed by atoms with E-state index in [2.05, 4.69) is 16.0 Å². The number of amides is 4. The lowest BCUT2D eigenvalue weighted by Crippen LogP contribution is -2.45. The molecular weight excluding hydrogens is 523 g/mol. The molecule has 1 saturated heterocycles. The molecule has 0 aliphatic carbocycles. The quantitative estimate of drug-likeness (QED) is 0.427. The lowest BCUT2D eigenvalue weighted by Gasteiger charge is -2.24. The number of nitrogens with one attached hydrogen (secondary N) is 3. The van der Waals surface area contributed by atoms with E-state index >= 15 is 4.39 Å². The number of likely N-dealkylation sites (tertiary alicyclic amines) is 1. The lowest BCUT2D eigenvalue weighted by molar-refractivity contribution is -0.120. The molecule has 3 N–H and O–H groups in total. The van der Waals surface area contributed by atoms with Crippen molar-refractivity contribution in [3.63, 3.8) is 0 Å². The maximum Gasteiger partial charge on any atom is 0.322 e. The summed E-state index contributed by atoms with van der Waals surface area (Å²) in [5, 5.41) is 8.04. The zero-order valence-corrected chi connectivity index (χ0v) is 22.5. The maximum atomic E-state index is 15.1. The third kappa shape index (κ3) is 6.61. The van der Waals surface area contributed by atoms with Crippen molar-refractivity contribution in [2.24, 2.45) is 0 Å². The van der Waals surface area contributed by atoms with E-state index < -0.39 is 39.7 Å². The number of carbonyl (C=O) groups is 3. The van der Waals surface area contributed by atoms with Gasteiger partial charge in [0.25, 0.3) is 0 Å². The number of aryl methyl sites for hydroxylation is 1. The van der Waals surface area contributed by atoms with Gasteiger partial charge in [0.15, 0.2) is 9.84 Å². The predicted molar refractivity (Wildman–Crippen MR) is 146 cm³/mol. The number of carbonyl (C=O) groups excluding carboxylic acids is 3. The van der Waals surface area contributed by atoms with E-state index in [0.717, 1.165) is 17.9 Å². The van der Waals surface area contributed by atoms with E-state index in [1.165, 1.54) is 30.0 Å². The third-order valence-electron chi connectivity index (χ3n) is 6.40. The third-order valence-corrected chi connectivity index (χ3v) is 7.55. The minimum Gasteiger partial charge on any atom is -0.352 e. The topological polar surface area (TPSA) is 125 Å². The van der Waals surface area contributed by atoms with E-state index in [1.54, 1.807) is 30.3 Å². The van der Waals surface area contributed by atoms with Crippen LogP contribution in [0.2, 0.25) is 0 Å². The largest absolute Gasteiger partial charge is 0.352 e. The molecule has 0 unspecified atom stereocenters. The fourth-order valence-electron chi connectivity index (χ4n) is 4.56. The van der Waals surface area contributed by atoms with Crippen molar-refractivity contribution >= 4 is 39.1 Å². The summed E-state index contributed by atoms with van der Waals surface area (Å²) in [4.78, 5) is 39.3. The summed E-state index contributed by atoms with van der Waals surface area (Å²) in [7, 11) is -3.55. The fourth-order valence-corrected chi connectivity index (χ4v) is 5.47. The van der Waals surface area contributed by atoms with Gasteiger partial charge < -0.3 is 20.9 Å². The first kappa shape index (κ1) is 27.8. The van der Waals surface area contributed by atoms with Crippen molar-refractivity contribution < 1.29 is 27.2 Å². The second kappa shape index (κ2) is 11.2. The van der Waals surface area contributed by atoms with Crippen molar-refractivity contribution in [2.45, 2.75) is 37.2 Å². The highest BCUT2D eigenvalue weighted by atomic mass is 32.2. The van der Waals surface area contributed by atoms with Crippen LogP contribution in [0.4, 0.5) is 20.6 Å². The molecule has 11 heteroatoms. The van der Waals surface area contributed by atoms with Crippen LogP contribution in [-0.2, 0) is 19.4 Å². The minimum absolute atomic E-state index is 0.0615. The Morgan fingerprint density at radius 3 is 2.31 bits per heavy atom. The van der Waals surface area contributed by atoms with Gasteiger partial charge in [0.2, 0.25) is 11.8 Å². The molecule has 4 amide bonds. The zero-order valence-electron chi connectivity index (χ0n) is 21.7. The molecule has 9 nitrogen and oxygen atoms in total. The number of benzene rings is 3. The summed E-state index contributed by atoms with van der Waals surface area (Å²) in [5.41, 5.74) is 2.11. The summed E-state index contributed by atoms with van der Waals surface area (Å²) >= 11 is 0. The van der Waals surface area contributed by atoms with Crippen LogP contribution in [0.1, 0.15) is 18.9 Å². The fraction of sp³-hybridized carbons (Fsp3) is 0.250. The molecule has 0 bridgehead atoms. The molecule has 3 aromatic rings. The number of sulfone groups is 1. The predicted octanol–water partition coefficient (Wildman–Crippen LogP) is 3.95. The first-order valence-corrected chi connectivity index (χ1v) is 14.1. The van der Waals surface area contributed by atoms with E-state index in [9.17, 15) is 22.8 Å². The summed E-state index contributed by atoms with van der Waals surface area (Å²) in [6.07, 6.45) is 1.22. The van der Waals surface area contributed by atoms with Gasteiger partial charge in [-0.15, -0.1) is 0 Å². The number of rotatable bonds is 6. The summed E-state index contributed by atoms with van der Waals surface area (Å²) < 4.78 is 39.5. The van der Waals surface area contributed by atoms with Gasteiger partial charge in [-0.3, -0.25) is 9.59 Å². The van der Waals surface area contributed by atoms with Gasteiger partial charge in [-0.1, -0.05) is 42.0 Å². The van der Waals surface area contributed by atoms with Crippen LogP contribution in [0.15, 0.2) is 71.6 Å². The number of nitrogens with zero attached hydrogens (tertiary/aromatic N) is 1. The SMILES string of the molecule is CC(=O)N[C@@H]1C[C@H](C(=O)Nc2ccc(-c3ccccc3S(C)(=O)=O)cc2F)N(C(=O)Nc2ccc(C)cc2)C1. The number of anilines is 2. The maximum absolute atomic E-state index is 15.1. The van der Waals surface area contributed by atoms with Gasteiger partial charge in [0, 0.05) is 37.0 Å². The number of halogens is 1. The van der Waals surface area contributed by atoms with Crippen LogP contribution in [-0.4, -0.2) is 56.0 Å². The minimum atomic E-state index is -3.55. The Kier molecular flexibility index (Phi) is 8.01. The Labute approximate surface area is 226 Å². The zero-order chi connectivity index (χ0) is 28.3. The van der Waals surface area contributed by atoms with E-state index in [4.69, 9.17) is 0 Å². The normalized spacial score (nSPS) is 17.0. The Hall–Kier alpha value is -4.25. The monoisotopic (exact) mass is 552 g/mol. The molecule has 0 radical (unpaired) electrons. The van der Waals surface area contributed by atoms with Crippen molar-refractivity contribution in [1.82, 2.24) is 10.2 Å². The molecule has 0 spiro atoms. The van der Waals surface area contributed by atoms with Gasteiger partial charge in [-0.2, -0.15) is 0 Å². The van der Waals surface area contributed by atoms with Crippen LogP contribution in [0.5, 0.6) is 0 Å². The molecule has 1 fully saturated rings. The highest BCUT2D eigenvalue weighted by molar-refractivity contribution is 7.90. The van der Waals surface area contributed by atoms with Crippen molar-refractivity contribution in [2.75, 3.05) is 23.4 Å². The Balaban J connectivity index is 1.55. The second-order valence-corrected chi connectivity index (χ2v) is 11.5. The second-order valence-electron chi connectivity index (χ2n) is 9.55. The summed E-state index contributed by atoms with van der Waals surface area (Å²) in [6, 6.07) is 15.5. The molecule has 39 heavy (non-hydrogen) atoms. The highest BCUT2D eigenvalue weighted by Gasteiger charge is 2.40. The molecule has 3 aromatic carbocycles. The number of urea groups is 1. The van der Waals surface area contributed by atoms with Gasteiger partial charge in [-0.25, -0.2) is 17.6 Å². The van der Waals surface area contributed by atoms with Crippen LogP contribution in [0.3, 0.4) is 0 Å². The van der Waals surface area contributed by atoms with E-state index in [0.29, 0.717) is 16.8 Å². The van der Waals surface area contributed by atoms with Crippen molar-refractivity contribution in [3.05, 3.63) is 78.1 Å². The van der Waals surface area contributed by atoms with Crippen molar-refractivity contribution in [3.8, 4) is 11.1 Å². The van der Waals surface area contributed by atoms with Crippen LogP contribution < -0.4 is 16.0 Å². The molecule has 0 saturated carbocycles. The molecular formula is C28H29FN4O5S. The Morgan fingerprint density at radius 1 is 0.974 bits per heavy atom. The molecule has 4 rings (SSSR count). The molecule has 1 heterocycles. The molecule has 1 aliphatic heterocycles. The number of hydrogen-bond acceptors (Lipinski definition) is 5. The van der Waals surface area contributed by atoms with E-state index in [1.807, 2.05) is 19.1 Å². The smallest absolute Gasteiger partial charge is 0.322 e. The van der Waals surface area contributed by atoms with Crippen LogP contribution in [0.25, 0.3) is 11.1 Å². The van der Waals surface area contributed by atoms with Gasteiger partial charge in [0.05, 0.1) is 10.6 Å². The van der Waals surface area contributed by atoms with E-state index in [-0.39, 0.29) is 29.5 Å². The molecule has 204 valence electrons.